The van der Waals surface area contributed by atoms with Gasteiger partial charge in [-0.05, 0) is 80.1 Å². The van der Waals surface area contributed by atoms with E-state index >= 15 is 0 Å². The molecule has 0 spiro atoms. The SMILES string of the molecule is COc1ccc(-c2cc(/C(C)=N/OCc3ccccc3C#N)c(C)n2-c2ccc(F)cc2)cc1. The molecule has 0 unspecified atom stereocenters. The second-order valence-electron chi connectivity index (χ2n) is 7.79. The van der Waals surface area contributed by atoms with Gasteiger partial charge in [-0.25, -0.2) is 4.39 Å². The van der Waals surface area contributed by atoms with E-state index in [2.05, 4.69) is 15.8 Å². The number of benzene rings is 3. The molecular weight excluding hydrogens is 429 g/mol. The molecule has 5 nitrogen and oxygen atoms in total. The van der Waals surface area contributed by atoms with Crippen molar-refractivity contribution in [2.45, 2.75) is 20.5 Å². The summed E-state index contributed by atoms with van der Waals surface area (Å²) in [6, 6.07) is 25.7. The van der Waals surface area contributed by atoms with Crippen LogP contribution in [0.2, 0.25) is 0 Å². The van der Waals surface area contributed by atoms with Crippen LogP contribution in [0.3, 0.4) is 0 Å². The molecule has 0 amide bonds. The van der Waals surface area contributed by atoms with E-state index in [1.54, 1.807) is 25.3 Å². The lowest BCUT2D eigenvalue weighted by Gasteiger charge is -2.13. The Morgan fingerprint density at radius 1 is 1.03 bits per heavy atom. The van der Waals surface area contributed by atoms with Crippen LogP contribution in [-0.4, -0.2) is 17.4 Å². The number of ether oxygens (including phenoxy) is 1. The van der Waals surface area contributed by atoms with Crippen molar-refractivity contribution in [2.24, 2.45) is 5.16 Å². The predicted octanol–water partition coefficient (Wildman–Crippen LogP) is 6.41. The van der Waals surface area contributed by atoms with Gasteiger partial charge in [0.1, 0.15) is 18.2 Å². The molecule has 1 aromatic heterocycles. The molecule has 0 saturated carbocycles. The van der Waals surface area contributed by atoms with E-state index in [1.165, 1.54) is 12.1 Å². The number of oxime groups is 1. The predicted molar refractivity (Wildman–Crippen MR) is 131 cm³/mol. The zero-order valence-corrected chi connectivity index (χ0v) is 19.2. The van der Waals surface area contributed by atoms with Crippen molar-refractivity contribution in [1.29, 1.82) is 5.26 Å². The van der Waals surface area contributed by atoms with Gasteiger partial charge in [-0.3, -0.25) is 0 Å². The van der Waals surface area contributed by atoms with Crippen LogP contribution in [0.1, 0.15) is 29.3 Å². The molecule has 6 heteroatoms. The van der Waals surface area contributed by atoms with Crippen molar-refractivity contribution in [3.8, 4) is 28.8 Å². The standard InChI is InChI=1S/C28H24FN3O2/c1-19(31-34-18-23-7-5-4-6-22(23)17-30)27-16-28(21-8-14-26(33-3)15-9-21)32(20(27)2)25-12-10-24(29)11-13-25/h4-16H,18H2,1-3H3/b31-19+. The average molecular weight is 454 g/mol. The lowest BCUT2D eigenvalue weighted by Crippen LogP contribution is -2.03. The van der Waals surface area contributed by atoms with E-state index in [-0.39, 0.29) is 12.4 Å². The summed E-state index contributed by atoms with van der Waals surface area (Å²) in [7, 11) is 1.63. The van der Waals surface area contributed by atoms with Crippen LogP contribution in [-0.2, 0) is 11.4 Å². The third-order valence-electron chi connectivity index (χ3n) is 5.67. The minimum atomic E-state index is -0.288. The van der Waals surface area contributed by atoms with E-state index in [9.17, 15) is 9.65 Å². The van der Waals surface area contributed by atoms with Gasteiger partial charge in [0.2, 0.25) is 0 Å². The van der Waals surface area contributed by atoms with E-state index in [1.807, 2.05) is 62.4 Å². The molecule has 4 rings (SSSR count). The third kappa shape index (κ3) is 4.69. The minimum absolute atomic E-state index is 0.199. The highest BCUT2D eigenvalue weighted by atomic mass is 19.1. The molecule has 0 N–H and O–H groups in total. The van der Waals surface area contributed by atoms with Crippen LogP contribution in [0.25, 0.3) is 16.9 Å². The van der Waals surface area contributed by atoms with Gasteiger partial charge >= 0.3 is 0 Å². The molecular formula is C28H24FN3O2. The second-order valence-corrected chi connectivity index (χ2v) is 7.79. The molecule has 0 saturated heterocycles. The Morgan fingerprint density at radius 3 is 2.41 bits per heavy atom. The Balaban J connectivity index is 1.71. The Morgan fingerprint density at radius 2 is 1.74 bits per heavy atom. The van der Waals surface area contributed by atoms with Gasteiger partial charge in [0.25, 0.3) is 0 Å². The van der Waals surface area contributed by atoms with Gasteiger partial charge in [0.05, 0.1) is 30.1 Å². The van der Waals surface area contributed by atoms with E-state index in [4.69, 9.17) is 9.57 Å². The maximum atomic E-state index is 13.6. The molecule has 0 aliphatic rings. The molecule has 3 aromatic carbocycles. The average Bonchev–Trinajstić information content (AvgIpc) is 3.22. The van der Waals surface area contributed by atoms with Gasteiger partial charge in [0, 0.05) is 22.5 Å². The minimum Gasteiger partial charge on any atom is -0.497 e. The normalized spacial score (nSPS) is 11.2. The number of aromatic nitrogens is 1. The van der Waals surface area contributed by atoms with Crippen LogP contribution in [0, 0.1) is 24.1 Å². The summed E-state index contributed by atoms with van der Waals surface area (Å²) in [6.45, 7) is 4.07. The molecule has 0 atom stereocenters. The molecule has 0 bridgehead atoms. The van der Waals surface area contributed by atoms with Crippen molar-refractivity contribution in [2.75, 3.05) is 7.11 Å². The van der Waals surface area contributed by atoms with Crippen molar-refractivity contribution >= 4 is 5.71 Å². The highest BCUT2D eigenvalue weighted by Gasteiger charge is 2.17. The number of hydrogen-bond acceptors (Lipinski definition) is 4. The van der Waals surface area contributed by atoms with Crippen LogP contribution in [0.4, 0.5) is 4.39 Å². The van der Waals surface area contributed by atoms with Crippen molar-refractivity contribution in [3.63, 3.8) is 0 Å². The third-order valence-corrected chi connectivity index (χ3v) is 5.67. The first-order valence-electron chi connectivity index (χ1n) is 10.8. The van der Waals surface area contributed by atoms with Gasteiger partial charge < -0.3 is 14.1 Å². The quantitative estimate of drug-likeness (QED) is 0.240. The number of nitrogens with zero attached hydrogens (tertiary/aromatic N) is 3. The summed E-state index contributed by atoms with van der Waals surface area (Å²) in [5.74, 6) is 0.480. The highest BCUT2D eigenvalue weighted by molar-refractivity contribution is 6.01. The maximum Gasteiger partial charge on any atom is 0.143 e. The fourth-order valence-electron chi connectivity index (χ4n) is 3.87. The van der Waals surface area contributed by atoms with Crippen molar-refractivity contribution in [1.82, 2.24) is 4.57 Å². The molecule has 34 heavy (non-hydrogen) atoms. The van der Waals surface area contributed by atoms with E-state index in [0.717, 1.165) is 39.5 Å². The summed E-state index contributed by atoms with van der Waals surface area (Å²) in [6.07, 6.45) is 0. The van der Waals surface area contributed by atoms with Crippen molar-refractivity contribution in [3.05, 3.63) is 107 Å². The number of hydrogen-bond donors (Lipinski definition) is 0. The lowest BCUT2D eigenvalue weighted by molar-refractivity contribution is 0.130. The topological polar surface area (TPSA) is 59.5 Å². The Labute approximate surface area is 198 Å². The van der Waals surface area contributed by atoms with Crippen LogP contribution < -0.4 is 4.74 Å². The summed E-state index contributed by atoms with van der Waals surface area (Å²) in [5, 5.41) is 13.6. The zero-order chi connectivity index (χ0) is 24.1. The fraction of sp³-hybridized carbons (Fsp3) is 0.143. The fourth-order valence-corrected chi connectivity index (χ4v) is 3.87. The first-order chi connectivity index (χ1) is 16.5. The van der Waals surface area contributed by atoms with Crippen LogP contribution in [0.5, 0.6) is 5.75 Å². The number of nitriles is 1. The Bertz CT molecular complexity index is 1360. The van der Waals surface area contributed by atoms with Gasteiger partial charge in [0.15, 0.2) is 0 Å². The first kappa shape index (κ1) is 22.8. The van der Waals surface area contributed by atoms with Crippen LogP contribution >= 0.6 is 0 Å². The monoisotopic (exact) mass is 453 g/mol. The smallest absolute Gasteiger partial charge is 0.143 e. The zero-order valence-electron chi connectivity index (χ0n) is 19.2. The molecule has 4 aromatic rings. The molecule has 0 aliphatic heterocycles. The summed E-state index contributed by atoms with van der Waals surface area (Å²) >= 11 is 0. The Hall–Kier alpha value is -4.37. The molecule has 0 radical (unpaired) electrons. The molecule has 0 fully saturated rings. The largest absolute Gasteiger partial charge is 0.497 e. The first-order valence-corrected chi connectivity index (χ1v) is 10.8. The van der Waals surface area contributed by atoms with Gasteiger partial charge in [-0.2, -0.15) is 5.26 Å². The summed E-state index contributed by atoms with van der Waals surface area (Å²) < 4.78 is 21.0. The van der Waals surface area contributed by atoms with Gasteiger partial charge in [-0.1, -0.05) is 23.4 Å². The number of rotatable bonds is 7. The van der Waals surface area contributed by atoms with E-state index < -0.39 is 0 Å². The number of methoxy groups -OCH3 is 1. The summed E-state index contributed by atoms with van der Waals surface area (Å²) in [5.41, 5.74) is 6.65. The van der Waals surface area contributed by atoms with E-state index in [0.29, 0.717) is 11.3 Å². The molecule has 0 aliphatic carbocycles. The van der Waals surface area contributed by atoms with Gasteiger partial charge in [-0.15, -0.1) is 0 Å². The Kier molecular flexibility index (Phi) is 6.74. The second kappa shape index (κ2) is 10.1. The maximum absolute atomic E-state index is 13.6. The molecule has 1 heterocycles. The lowest BCUT2D eigenvalue weighted by atomic mass is 10.1. The van der Waals surface area contributed by atoms with Crippen molar-refractivity contribution < 1.29 is 14.0 Å². The summed E-state index contributed by atoms with van der Waals surface area (Å²) in [4.78, 5) is 5.60. The number of halogens is 1. The highest BCUT2D eigenvalue weighted by Crippen LogP contribution is 2.31. The molecule has 170 valence electrons. The van der Waals surface area contributed by atoms with Crippen LogP contribution in [0.15, 0.2) is 84.0 Å².